The van der Waals surface area contributed by atoms with Gasteiger partial charge in [-0.15, -0.1) is 0 Å². The van der Waals surface area contributed by atoms with Crippen LogP contribution in [0.2, 0.25) is 0 Å². The summed E-state index contributed by atoms with van der Waals surface area (Å²) in [6.07, 6.45) is 0. The van der Waals surface area contributed by atoms with Gasteiger partial charge in [-0.05, 0) is 36.6 Å². The first kappa shape index (κ1) is 14.1. The molecule has 0 saturated heterocycles. The Morgan fingerprint density at radius 1 is 1.14 bits per heavy atom. The van der Waals surface area contributed by atoms with E-state index in [1.54, 1.807) is 0 Å². The van der Waals surface area contributed by atoms with Crippen LogP contribution in [0.25, 0.3) is 0 Å². The fourth-order valence-electron chi connectivity index (χ4n) is 2.94. The molecule has 1 aliphatic heterocycles. The lowest BCUT2D eigenvalue weighted by Crippen LogP contribution is -2.25. The summed E-state index contributed by atoms with van der Waals surface area (Å²) in [7, 11) is -1.17. The van der Waals surface area contributed by atoms with Gasteiger partial charge in [0, 0.05) is 6.54 Å². The molecule has 2 aromatic carbocycles. The summed E-state index contributed by atoms with van der Waals surface area (Å²) < 4.78 is 12.8. The number of nitrogens with two attached hydrogens (primary N) is 1. The molecule has 0 aromatic heterocycles. The molecule has 0 fully saturated rings. The number of hydrogen-bond acceptors (Lipinski definition) is 3. The molecule has 4 heteroatoms. The molecule has 2 N–H and O–H groups in total. The van der Waals surface area contributed by atoms with E-state index in [9.17, 15) is 4.21 Å². The van der Waals surface area contributed by atoms with Crippen molar-refractivity contribution in [3.8, 4) is 0 Å². The monoisotopic (exact) mass is 300 g/mol. The third kappa shape index (κ3) is 2.05. The maximum Gasteiger partial charge on any atom is 0.0892 e. The highest BCUT2D eigenvalue weighted by molar-refractivity contribution is 7.85. The maximum atomic E-state index is 12.8. The third-order valence-corrected chi connectivity index (χ3v) is 5.45. The van der Waals surface area contributed by atoms with Crippen molar-refractivity contribution >= 4 is 27.9 Å². The number of anilines is 3. The maximum absolute atomic E-state index is 12.8. The first-order chi connectivity index (χ1) is 10.1. The van der Waals surface area contributed by atoms with Crippen LogP contribution in [0, 0.1) is 0 Å². The summed E-state index contributed by atoms with van der Waals surface area (Å²) in [6.45, 7) is 7.15. The molecule has 3 rings (SSSR count). The molecule has 0 radical (unpaired) electrons. The van der Waals surface area contributed by atoms with Gasteiger partial charge in [0.2, 0.25) is 0 Å². The Hall–Kier alpha value is -1.81. The first-order valence-corrected chi connectivity index (χ1v) is 8.42. The summed E-state index contributed by atoms with van der Waals surface area (Å²) >= 11 is 0. The predicted octanol–water partition coefficient (Wildman–Crippen LogP) is 4.03. The highest BCUT2D eigenvalue weighted by Crippen LogP contribution is 2.46. The Morgan fingerprint density at radius 2 is 1.86 bits per heavy atom. The Kier molecular flexibility index (Phi) is 3.49. The van der Waals surface area contributed by atoms with Gasteiger partial charge in [-0.2, -0.15) is 0 Å². The molecule has 1 atom stereocenters. The second-order valence-electron chi connectivity index (χ2n) is 5.55. The SMILES string of the molecule is CCN1c2ccccc2S(=O)c2ccc(C(C)C)c(N)c21. The van der Waals surface area contributed by atoms with Crippen molar-refractivity contribution in [1.82, 2.24) is 0 Å². The number of fused-ring (bicyclic) bond motifs is 2. The van der Waals surface area contributed by atoms with Crippen LogP contribution in [-0.4, -0.2) is 10.8 Å². The summed E-state index contributed by atoms with van der Waals surface area (Å²) in [4.78, 5) is 3.86. The fourth-order valence-corrected chi connectivity index (χ4v) is 4.33. The lowest BCUT2D eigenvalue weighted by molar-refractivity contribution is 0.681. The van der Waals surface area contributed by atoms with Gasteiger partial charge in [0.1, 0.15) is 0 Å². The van der Waals surface area contributed by atoms with Crippen LogP contribution >= 0.6 is 0 Å². The molecular formula is C17H20N2OS. The van der Waals surface area contributed by atoms with Crippen molar-refractivity contribution in [3.63, 3.8) is 0 Å². The summed E-state index contributed by atoms with van der Waals surface area (Å²) in [5.41, 5.74) is 10.2. The molecule has 3 nitrogen and oxygen atoms in total. The zero-order chi connectivity index (χ0) is 15.1. The average molecular weight is 300 g/mol. The molecule has 110 valence electrons. The summed E-state index contributed by atoms with van der Waals surface area (Å²) in [5.74, 6) is 0.347. The normalized spacial score (nSPS) is 16.8. The van der Waals surface area contributed by atoms with E-state index in [0.29, 0.717) is 5.92 Å². The zero-order valence-electron chi connectivity index (χ0n) is 12.6. The van der Waals surface area contributed by atoms with Crippen LogP contribution in [0.4, 0.5) is 17.1 Å². The van der Waals surface area contributed by atoms with Crippen LogP contribution in [0.5, 0.6) is 0 Å². The topological polar surface area (TPSA) is 46.3 Å². The smallest absolute Gasteiger partial charge is 0.0892 e. The first-order valence-electron chi connectivity index (χ1n) is 7.27. The lowest BCUT2D eigenvalue weighted by atomic mass is 9.99. The molecule has 0 saturated carbocycles. The summed E-state index contributed by atoms with van der Waals surface area (Å²) in [6, 6.07) is 11.8. The standard InChI is InChI=1S/C17H20N2OS/c1-4-19-13-7-5-6-8-14(13)21(20)15-10-9-12(11(2)3)16(18)17(15)19/h5-11H,4,18H2,1-3H3. The van der Waals surface area contributed by atoms with Crippen molar-refractivity contribution in [2.45, 2.75) is 36.5 Å². The number of nitrogens with zero attached hydrogens (tertiary/aromatic N) is 1. The number of hydrogen-bond donors (Lipinski definition) is 1. The van der Waals surface area contributed by atoms with Gasteiger partial charge in [0.05, 0.1) is 37.7 Å². The number of rotatable bonds is 2. The van der Waals surface area contributed by atoms with E-state index in [1.807, 2.05) is 36.4 Å². The van der Waals surface area contributed by atoms with Gasteiger partial charge in [-0.25, -0.2) is 4.21 Å². The quantitative estimate of drug-likeness (QED) is 0.852. The third-order valence-electron chi connectivity index (χ3n) is 3.98. The van der Waals surface area contributed by atoms with Crippen LogP contribution in [-0.2, 0) is 10.8 Å². The molecule has 2 aromatic rings. The second kappa shape index (κ2) is 5.19. The molecule has 0 bridgehead atoms. The molecule has 1 aliphatic rings. The Morgan fingerprint density at radius 3 is 2.52 bits per heavy atom. The molecule has 1 heterocycles. The molecular weight excluding hydrogens is 280 g/mol. The minimum Gasteiger partial charge on any atom is -0.397 e. The van der Waals surface area contributed by atoms with Gasteiger partial charge in [-0.1, -0.05) is 32.0 Å². The van der Waals surface area contributed by atoms with E-state index in [-0.39, 0.29) is 0 Å². The molecule has 1 unspecified atom stereocenters. The minimum atomic E-state index is -1.17. The molecule has 0 aliphatic carbocycles. The number of para-hydroxylation sites is 1. The van der Waals surface area contributed by atoms with E-state index in [4.69, 9.17) is 5.73 Å². The average Bonchev–Trinajstić information content (AvgIpc) is 2.48. The van der Waals surface area contributed by atoms with Crippen LogP contribution < -0.4 is 10.6 Å². The molecule has 0 amide bonds. The van der Waals surface area contributed by atoms with Crippen molar-refractivity contribution in [2.24, 2.45) is 0 Å². The van der Waals surface area contributed by atoms with E-state index in [2.05, 4.69) is 25.7 Å². The van der Waals surface area contributed by atoms with Crippen molar-refractivity contribution < 1.29 is 4.21 Å². The van der Waals surface area contributed by atoms with Crippen LogP contribution in [0.1, 0.15) is 32.3 Å². The van der Waals surface area contributed by atoms with Gasteiger partial charge < -0.3 is 10.6 Å². The lowest BCUT2D eigenvalue weighted by Gasteiger charge is -2.33. The predicted molar refractivity (Wildman–Crippen MR) is 88.7 cm³/mol. The van der Waals surface area contributed by atoms with E-state index >= 15 is 0 Å². The second-order valence-corrected chi connectivity index (χ2v) is 6.97. The van der Waals surface area contributed by atoms with E-state index in [1.165, 1.54) is 0 Å². The van der Waals surface area contributed by atoms with Crippen LogP contribution in [0.15, 0.2) is 46.2 Å². The zero-order valence-corrected chi connectivity index (χ0v) is 13.4. The van der Waals surface area contributed by atoms with Crippen molar-refractivity contribution in [2.75, 3.05) is 17.2 Å². The van der Waals surface area contributed by atoms with E-state index < -0.39 is 10.8 Å². The Labute approximate surface area is 128 Å². The van der Waals surface area contributed by atoms with Gasteiger partial charge >= 0.3 is 0 Å². The van der Waals surface area contributed by atoms with Gasteiger partial charge in [-0.3, -0.25) is 0 Å². The highest BCUT2D eigenvalue weighted by atomic mass is 32.2. The van der Waals surface area contributed by atoms with Crippen molar-refractivity contribution in [1.29, 1.82) is 0 Å². The Bertz CT molecular complexity index is 725. The fraction of sp³-hybridized carbons (Fsp3) is 0.294. The summed E-state index contributed by atoms with van der Waals surface area (Å²) in [5, 5.41) is 0. The number of nitrogen functional groups attached to an aromatic ring is 1. The minimum absolute atomic E-state index is 0.347. The number of benzene rings is 2. The van der Waals surface area contributed by atoms with E-state index in [0.717, 1.165) is 39.0 Å². The highest BCUT2D eigenvalue weighted by Gasteiger charge is 2.29. The molecule has 0 spiro atoms. The van der Waals surface area contributed by atoms with Gasteiger partial charge in [0.15, 0.2) is 0 Å². The molecule has 21 heavy (non-hydrogen) atoms. The largest absolute Gasteiger partial charge is 0.397 e. The van der Waals surface area contributed by atoms with Gasteiger partial charge in [0.25, 0.3) is 0 Å². The van der Waals surface area contributed by atoms with Crippen molar-refractivity contribution in [3.05, 3.63) is 42.0 Å². The Balaban J connectivity index is 2.30. The van der Waals surface area contributed by atoms with Crippen LogP contribution in [0.3, 0.4) is 0 Å².